The number of hydrogen-bond donors (Lipinski definition) is 3. The lowest BCUT2D eigenvalue weighted by atomic mass is 10.1. The number of pyridine rings is 1. The van der Waals surface area contributed by atoms with E-state index in [1.165, 1.54) is 12.5 Å². The van der Waals surface area contributed by atoms with Gasteiger partial charge in [0.15, 0.2) is 5.82 Å². The quantitative estimate of drug-likeness (QED) is 0.634. The number of aromatic nitrogens is 1. The predicted octanol–water partition coefficient (Wildman–Crippen LogP) is -0.407. The average molecular weight is 306 g/mol. The Morgan fingerprint density at radius 2 is 1.85 bits per heavy atom. The van der Waals surface area contributed by atoms with Gasteiger partial charge >= 0.3 is 10.4 Å². The van der Waals surface area contributed by atoms with Gasteiger partial charge < -0.3 is 26.0 Å². The van der Waals surface area contributed by atoms with Crippen LogP contribution in [0.25, 0.3) is 0 Å². The van der Waals surface area contributed by atoms with Crippen molar-refractivity contribution in [2.75, 3.05) is 29.5 Å². The van der Waals surface area contributed by atoms with E-state index in [0.29, 0.717) is 5.82 Å². The second kappa shape index (κ2) is 6.11. The molecule has 1 aliphatic rings. The van der Waals surface area contributed by atoms with Crippen molar-refractivity contribution in [1.29, 1.82) is 0 Å². The highest BCUT2D eigenvalue weighted by molar-refractivity contribution is 7.81. The van der Waals surface area contributed by atoms with Crippen LogP contribution in [-0.4, -0.2) is 36.5 Å². The van der Waals surface area contributed by atoms with E-state index in [-0.39, 0.29) is 22.7 Å². The third-order valence-corrected chi connectivity index (χ3v) is 3.26. The molecule has 0 atom stereocenters. The molecule has 0 unspecified atom stereocenters. The van der Waals surface area contributed by atoms with E-state index in [1.807, 2.05) is 4.90 Å². The van der Waals surface area contributed by atoms with Crippen molar-refractivity contribution in [1.82, 2.24) is 4.98 Å². The topological polar surface area (TPSA) is 163 Å². The van der Waals surface area contributed by atoms with Crippen LogP contribution >= 0.6 is 0 Å². The number of rotatable bonds is 3. The van der Waals surface area contributed by atoms with E-state index in [1.54, 1.807) is 0 Å². The summed E-state index contributed by atoms with van der Waals surface area (Å²) in [7, 11) is -4.67. The van der Waals surface area contributed by atoms with Crippen LogP contribution in [0.15, 0.2) is 6.07 Å². The van der Waals surface area contributed by atoms with Gasteiger partial charge in [0.05, 0.1) is 5.69 Å². The summed E-state index contributed by atoms with van der Waals surface area (Å²) in [5.74, 6) is 0.0684. The summed E-state index contributed by atoms with van der Waals surface area (Å²) >= 11 is 0. The summed E-state index contributed by atoms with van der Waals surface area (Å²) in [6.45, 7) is 1.70. The number of nitrogens with two attached hydrogens (primary N) is 2. The Bertz CT molecular complexity index is 548. The average Bonchev–Trinajstić information content (AvgIpc) is 2.33. The van der Waals surface area contributed by atoms with E-state index in [9.17, 15) is 8.42 Å². The molecular formula is C10H18N4O5S. The third kappa shape index (κ3) is 3.85. The summed E-state index contributed by atoms with van der Waals surface area (Å²) in [4.78, 5) is 6.09. The standard InChI is InChI=1S/C10H16N4O4S.H2O/c11-7-6-8(14-4-2-1-3-5-14)13-10(12)9(7)18-19(15,16)17;/h6H,1-5H2,(H4,11,12,13)(H,15,16,17);1H2. The van der Waals surface area contributed by atoms with Gasteiger partial charge in [0.25, 0.3) is 0 Å². The van der Waals surface area contributed by atoms with Gasteiger partial charge in [-0.15, -0.1) is 0 Å². The van der Waals surface area contributed by atoms with Crippen LogP contribution in [0.5, 0.6) is 5.75 Å². The fourth-order valence-electron chi connectivity index (χ4n) is 2.04. The molecular weight excluding hydrogens is 288 g/mol. The SMILES string of the molecule is Nc1cc(N2CCCCC2)nc(N)c1OS(=O)(=O)O.O. The van der Waals surface area contributed by atoms with E-state index in [0.717, 1.165) is 25.9 Å². The summed E-state index contributed by atoms with van der Waals surface area (Å²) in [6.07, 6.45) is 3.29. The molecule has 0 saturated carbocycles. The molecule has 2 rings (SSSR count). The monoisotopic (exact) mass is 306 g/mol. The van der Waals surface area contributed by atoms with Crippen LogP contribution in [-0.2, 0) is 10.4 Å². The Labute approximate surface area is 116 Å². The van der Waals surface area contributed by atoms with Crippen molar-refractivity contribution in [3.05, 3.63) is 6.07 Å². The van der Waals surface area contributed by atoms with Crippen LogP contribution in [0.4, 0.5) is 17.3 Å². The Morgan fingerprint density at radius 3 is 2.35 bits per heavy atom. The van der Waals surface area contributed by atoms with Crippen molar-refractivity contribution in [2.24, 2.45) is 0 Å². The molecule has 1 aromatic rings. The minimum atomic E-state index is -4.67. The van der Waals surface area contributed by atoms with Crippen LogP contribution in [0.2, 0.25) is 0 Å². The first-order valence-electron chi connectivity index (χ1n) is 5.84. The normalized spacial score (nSPS) is 15.6. The fourth-order valence-corrected chi connectivity index (χ4v) is 2.43. The first-order chi connectivity index (χ1) is 8.87. The van der Waals surface area contributed by atoms with Crippen LogP contribution < -0.4 is 20.6 Å². The molecule has 0 aliphatic carbocycles. The summed E-state index contributed by atoms with van der Waals surface area (Å²) in [5, 5.41) is 0. The second-order valence-electron chi connectivity index (χ2n) is 4.34. The summed E-state index contributed by atoms with van der Waals surface area (Å²) in [5.41, 5.74) is 11.3. The van der Waals surface area contributed by atoms with E-state index in [2.05, 4.69) is 9.17 Å². The largest absolute Gasteiger partial charge is 0.446 e. The maximum Gasteiger partial charge on any atom is 0.446 e. The van der Waals surface area contributed by atoms with E-state index >= 15 is 0 Å². The van der Waals surface area contributed by atoms with E-state index < -0.39 is 10.4 Å². The van der Waals surface area contributed by atoms with Gasteiger partial charge in [-0.3, -0.25) is 4.55 Å². The van der Waals surface area contributed by atoms with Gasteiger partial charge in [0.2, 0.25) is 5.75 Å². The molecule has 2 heterocycles. The lowest BCUT2D eigenvalue weighted by molar-refractivity contribution is 0.387. The first kappa shape index (κ1) is 16.3. The molecule has 0 aromatic carbocycles. The zero-order chi connectivity index (χ0) is 14.0. The van der Waals surface area contributed by atoms with Crippen molar-refractivity contribution in [3.8, 4) is 5.75 Å². The zero-order valence-electron chi connectivity index (χ0n) is 10.7. The number of nitrogen functional groups attached to an aromatic ring is 2. The molecule has 1 saturated heterocycles. The number of anilines is 3. The molecule has 10 heteroatoms. The summed E-state index contributed by atoms with van der Waals surface area (Å²) in [6, 6.07) is 1.49. The number of hydrogen-bond acceptors (Lipinski definition) is 7. The van der Waals surface area contributed by atoms with Gasteiger partial charge in [-0.2, -0.15) is 8.42 Å². The lowest BCUT2D eigenvalue weighted by Gasteiger charge is -2.28. The molecule has 0 bridgehead atoms. The van der Waals surface area contributed by atoms with Crippen molar-refractivity contribution in [3.63, 3.8) is 0 Å². The Balaban J connectivity index is 0.00000200. The second-order valence-corrected chi connectivity index (χ2v) is 5.36. The molecule has 1 aromatic heterocycles. The van der Waals surface area contributed by atoms with E-state index in [4.69, 9.17) is 16.0 Å². The number of nitrogens with zero attached hydrogens (tertiary/aromatic N) is 2. The molecule has 0 spiro atoms. The van der Waals surface area contributed by atoms with Crippen LogP contribution in [0.3, 0.4) is 0 Å². The minimum Gasteiger partial charge on any atom is -0.412 e. The maximum atomic E-state index is 10.7. The maximum absolute atomic E-state index is 10.7. The molecule has 1 fully saturated rings. The molecule has 7 N–H and O–H groups in total. The lowest BCUT2D eigenvalue weighted by Crippen LogP contribution is -2.30. The van der Waals surface area contributed by atoms with Gasteiger partial charge in [-0.1, -0.05) is 0 Å². The fraction of sp³-hybridized carbons (Fsp3) is 0.500. The highest BCUT2D eigenvalue weighted by atomic mass is 32.3. The summed E-state index contributed by atoms with van der Waals surface area (Å²) < 4.78 is 34.3. The predicted molar refractivity (Wildman–Crippen MR) is 74.9 cm³/mol. The highest BCUT2D eigenvalue weighted by Crippen LogP contribution is 2.32. The van der Waals surface area contributed by atoms with Crippen molar-refractivity contribution >= 4 is 27.7 Å². The molecule has 1 aliphatic heterocycles. The molecule has 9 nitrogen and oxygen atoms in total. The van der Waals surface area contributed by atoms with Crippen LogP contribution in [0, 0.1) is 0 Å². The number of piperidine rings is 1. The minimum absolute atomic E-state index is 0. The zero-order valence-corrected chi connectivity index (χ0v) is 11.6. The Hall–Kier alpha value is -1.78. The van der Waals surface area contributed by atoms with Crippen molar-refractivity contribution in [2.45, 2.75) is 19.3 Å². The smallest absolute Gasteiger partial charge is 0.412 e. The van der Waals surface area contributed by atoms with Gasteiger partial charge in [0.1, 0.15) is 5.82 Å². The van der Waals surface area contributed by atoms with Gasteiger partial charge in [-0.25, -0.2) is 4.98 Å². The molecule has 0 radical (unpaired) electrons. The first-order valence-corrected chi connectivity index (χ1v) is 7.21. The third-order valence-electron chi connectivity index (χ3n) is 2.88. The molecule has 0 amide bonds. The Morgan fingerprint density at radius 1 is 1.25 bits per heavy atom. The Kier molecular flexibility index (Phi) is 4.98. The van der Waals surface area contributed by atoms with Crippen LogP contribution in [0.1, 0.15) is 19.3 Å². The van der Waals surface area contributed by atoms with Gasteiger partial charge in [-0.05, 0) is 19.3 Å². The van der Waals surface area contributed by atoms with Gasteiger partial charge in [0, 0.05) is 19.2 Å². The highest BCUT2D eigenvalue weighted by Gasteiger charge is 2.19. The molecule has 114 valence electrons. The van der Waals surface area contributed by atoms with Crippen molar-refractivity contribution < 1.29 is 22.6 Å². The molecule has 20 heavy (non-hydrogen) atoms.